The summed E-state index contributed by atoms with van der Waals surface area (Å²) in [6, 6.07) is 9.86. The van der Waals surface area contributed by atoms with E-state index in [1.54, 1.807) is 24.0 Å². The van der Waals surface area contributed by atoms with Gasteiger partial charge < -0.3 is 9.88 Å². The number of alkyl halides is 2. The molecule has 1 aliphatic heterocycles. The fourth-order valence-electron chi connectivity index (χ4n) is 4.65. The molecule has 1 aliphatic rings. The molecule has 6 rings (SSSR count). The van der Waals surface area contributed by atoms with Gasteiger partial charge in [0.25, 0.3) is 0 Å². The Bertz CT molecular complexity index is 1640. The third-order valence-electron chi connectivity index (χ3n) is 6.46. The van der Waals surface area contributed by atoms with Gasteiger partial charge in [0.15, 0.2) is 5.82 Å². The van der Waals surface area contributed by atoms with Gasteiger partial charge in [0.1, 0.15) is 17.5 Å². The molecular weight excluding hydrogens is 537 g/mol. The minimum atomic E-state index is -3.66. The van der Waals surface area contributed by atoms with E-state index in [2.05, 4.69) is 25.6 Å². The van der Waals surface area contributed by atoms with Gasteiger partial charge in [-0.3, -0.25) is 9.25 Å². The molecule has 0 amide bonds. The van der Waals surface area contributed by atoms with E-state index in [0.29, 0.717) is 28.6 Å². The van der Waals surface area contributed by atoms with Crippen LogP contribution in [0.2, 0.25) is 5.02 Å². The van der Waals surface area contributed by atoms with Crippen molar-refractivity contribution in [2.45, 2.75) is 25.4 Å². The van der Waals surface area contributed by atoms with E-state index < -0.39 is 29.2 Å². The van der Waals surface area contributed by atoms with Gasteiger partial charge in [-0.25, -0.2) is 9.37 Å². The average molecular weight is 559 g/mol. The SMILES string of the molecule is C[C@H]1Cn2cc(-c3cc(Nc4ccnn4C)ncc3Cl)cc2-c2nnc(C(F)(F)c3ccccc3F)n21.S. The lowest BCUT2D eigenvalue weighted by Crippen LogP contribution is -2.28. The molecule has 0 bridgehead atoms. The van der Waals surface area contributed by atoms with Gasteiger partial charge in [0.2, 0.25) is 5.82 Å². The Hall–Kier alpha value is -3.77. The summed E-state index contributed by atoms with van der Waals surface area (Å²) in [5.41, 5.74) is 1.33. The maximum Gasteiger partial charge on any atom is 0.334 e. The van der Waals surface area contributed by atoms with Crippen molar-refractivity contribution in [1.29, 1.82) is 0 Å². The van der Waals surface area contributed by atoms with Gasteiger partial charge in [-0.1, -0.05) is 23.7 Å². The molecule has 0 unspecified atom stereocenters. The van der Waals surface area contributed by atoms with Crippen molar-refractivity contribution in [3.8, 4) is 22.6 Å². The summed E-state index contributed by atoms with van der Waals surface area (Å²) >= 11 is 6.50. The predicted octanol–water partition coefficient (Wildman–Crippen LogP) is 5.91. The smallest absolute Gasteiger partial charge is 0.334 e. The molecule has 196 valence electrons. The second kappa shape index (κ2) is 9.52. The molecule has 1 atom stereocenters. The number of nitrogens with one attached hydrogen (secondary N) is 1. The first kappa shape index (κ1) is 25.9. The topological polar surface area (TPSA) is 78.4 Å². The molecule has 0 fully saturated rings. The second-order valence-corrected chi connectivity index (χ2v) is 9.31. The van der Waals surface area contributed by atoms with E-state index in [9.17, 15) is 4.39 Å². The molecule has 4 aromatic heterocycles. The normalized spacial score (nSPS) is 14.5. The first-order valence-electron chi connectivity index (χ1n) is 11.4. The fraction of sp³-hybridized carbons (Fsp3) is 0.200. The van der Waals surface area contributed by atoms with Crippen molar-refractivity contribution in [2.24, 2.45) is 7.05 Å². The lowest BCUT2D eigenvalue weighted by atomic mass is 10.1. The molecule has 5 aromatic rings. The van der Waals surface area contributed by atoms with Crippen molar-refractivity contribution < 1.29 is 13.2 Å². The highest BCUT2D eigenvalue weighted by Gasteiger charge is 2.44. The van der Waals surface area contributed by atoms with Gasteiger partial charge in [-0.2, -0.15) is 27.4 Å². The Morgan fingerprint density at radius 3 is 2.66 bits per heavy atom. The van der Waals surface area contributed by atoms with Crippen LogP contribution in [0.5, 0.6) is 0 Å². The maximum absolute atomic E-state index is 15.5. The Labute approximate surface area is 227 Å². The number of benzene rings is 1. The van der Waals surface area contributed by atoms with Crippen LogP contribution in [0.3, 0.4) is 0 Å². The third-order valence-corrected chi connectivity index (χ3v) is 6.76. The van der Waals surface area contributed by atoms with Crippen LogP contribution in [-0.2, 0) is 19.5 Å². The highest BCUT2D eigenvalue weighted by molar-refractivity contribution is 7.59. The van der Waals surface area contributed by atoms with E-state index in [0.717, 1.165) is 23.5 Å². The number of hydrogen-bond donors (Lipinski definition) is 1. The molecule has 38 heavy (non-hydrogen) atoms. The number of pyridine rings is 1. The first-order valence-corrected chi connectivity index (χ1v) is 11.8. The zero-order valence-corrected chi connectivity index (χ0v) is 22.0. The van der Waals surface area contributed by atoms with Gasteiger partial charge in [-0.05, 0) is 31.2 Å². The molecule has 5 heterocycles. The predicted molar refractivity (Wildman–Crippen MR) is 143 cm³/mol. The Balaban J connectivity index is 0.00000294. The van der Waals surface area contributed by atoms with Crippen LogP contribution < -0.4 is 5.32 Å². The van der Waals surface area contributed by atoms with Gasteiger partial charge >= 0.3 is 5.92 Å². The summed E-state index contributed by atoms with van der Waals surface area (Å²) < 4.78 is 50.2. The minimum Gasteiger partial charge on any atom is -0.342 e. The highest BCUT2D eigenvalue weighted by atomic mass is 35.5. The minimum absolute atomic E-state index is 0. The number of hydrogen-bond acceptors (Lipinski definition) is 5. The first-order chi connectivity index (χ1) is 17.7. The van der Waals surface area contributed by atoms with Crippen molar-refractivity contribution in [2.75, 3.05) is 5.32 Å². The lowest BCUT2D eigenvalue weighted by Gasteiger charge is -2.27. The Morgan fingerprint density at radius 1 is 1.13 bits per heavy atom. The largest absolute Gasteiger partial charge is 0.342 e. The summed E-state index contributed by atoms with van der Waals surface area (Å²) in [7, 11) is 1.81. The monoisotopic (exact) mass is 558 g/mol. The van der Waals surface area contributed by atoms with Crippen LogP contribution in [0.25, 0.3) is 22.6 Å². The summed E-state index contributed by atoms with van der Waals surface area (Å²) in [5, 5.41) is 15.7. The lowest BCUT2D eigenvalue weighted by molar-refractivity contribution is 0.0231. The summed E-state index contributed by atoms with van der Waals surface area (Å²) in [6.45, 7) is 2.19. The number of anilines is 2. The number of halogens is 4. The zero-order valence-electron chi connectivity index (χ0n) is 20.2. The van der Waals surface area contributed by atoms with Crippen molar-refractivity contribution in [3.63, 3.8) is 0 Å². The third kappa shape index (κ3) is 4.13. The van der Waals surface area contributed by atoms with Crippen LogP contribution in [-0.4, -0.2) is 34.1 Å². The zero-order chi connectivity index (χ0) is 25.9. The maximum atomic E-state index is 15.5. The van der Waals surface area contributed by atoms with E-state index in [-0.39, 0.29) is 19.3 Å². The van der Waals surface area contributed by atoms with Crippen LogP contribution in [0.15, 0.2) is 61.1 Å². The van der Waals surface area contributed by atoms with E-state index in [4.69, 9.17) is 11.6 Å². The molecule has 13 heteroatoms. The summed E-state index contributed by atoms with van der Waals surface area (Å²) in [4.78, 5) is 4.35. The quantitative estimate of drug-likeness (QED) is 0.290. The number of rotatable bonds is 5. The van der Waals surface area contributed by atoms with Gasteiger partial charge in [0.05, 0.1) is 28.5 Å². The Kier molecular flexibility index (Phi) is 6.48. The highest BCUT2D eigenvalue weighted by Crippen LogP contribution is 2.42. The average Bonchev–Trinajstić information content (AvgIpc) is 3.59. The van der Waals surface area contributed by atoms with Crippen LogP contribution >= 0.6 is 25.1 Å². The van der Waals surface area contributed by atoms with E-state index >= 15 is 8.78 Å². The molecule has 0 saturated heterocycles. The molecule has 8 nitrogen and oxygen atoms in total. The van der Waals surface area contributed by atoms with E-state index in [1.165, 1.54) is 16.7 Å². The number of fused-ring (bicyclic) bond motifs is 3. The fourth-order valence-corrected chi connectivity index (χ4v) is 4.86. The summed E-state index contributed by atoms with van der Waals surface area (Å²) in [6.07, 6.45) is 5.11. The molecule has 1 N–H and O–H groups in total. The summed E-state index contributed by atoms with van der Waals surface area (Å²) in [5.74, 6) is -3.67. The number of aryl methyl sites for hydroxylation is 1. The Morgan fingerprint density at radius 2 is 1.92 bits per heavy atom. The molecule has 1 aromatic carbocycles. The van der Waals surface area contributed by atoms with E-state index in [1.807, 2.05) is 36.0 Å². The van der Waals surface area contributed by atoms with Gasteiger partial charge in [0, 0.05) is 43.2 Å². The molecular formula is C25H22ClF3N8S. The standard InChI is InChI=1S/C25H20ClF3N8.H2S/c1-14-12-36-13-15(16-10-21(30-11-18(16)26)32-22-7-8-31-35(22)2)9-20(36)23-33-34-24(37(14)23)25(28,29)17-5-3-4-6-19(17)27;/h3-11,13-14H,12H2,1-2H3,(H,30,32);1H2/t14-;/m0./s1. The molecule has 0 saturated carbocycles. The van der Waals surface area contributed by atoms with Gasteiger partial charge in [-0.15, -0.1) is 10.2 Å². The molecule has 0 aliphatic carbocycles. The van der Waals surface area contributed by atoms with Crippen molar-refractivity contribution >= 4 is 36.7 Å². The molecule has 0 radical (unpaired) electrons. The van der Waals surface area contributed by atoms with Crippen LogP contribution in [0, 0.1) is 5.82 Å². The van der Waals surface area contributed by atoms with Crippen molar-refractivity contribution in [1.82, 2.24) is 34.1 Å². The van der Waals surface area contributed by atoms with Crippen LogP contribution in [0.1, 0.15) is 24.4 Å². The second-order valence-electron chi connectivity index (χ2n) is 8.90. The van der Waals surface area contributed by atoms with Crippen molar-refractivity contribution in [3.05, 3.63) is 83.3 Å². The van der Waals surface area contributed by atoms with Crippen LogP contribution in [0.4, 0.5) is 24.8 Å². The number of nitrogens with zero attached hydrogens (tertiary/aromatic N) is 7. The molecule has 0 spiro atoms. The number of aromatic nitrogens is 7.